The van der Waals surface area contributed by atoms with Crippen LogP contribution in [-0.2, 0) is 12.8 Å². The van der Waals surface area contributed by atoms with E-state index in [4.69, 9.17) is 0 Å². The molecule has 2 unspecified atom stereocenters. The van der Waals surface area contributed by atoms with Crippen molar-refractivity contribution >= 4 is 31.8 Å². The standard InChI is InChI=1S/C19H20IOP/c1-2-3-7-19(22)13-16-9-15(10-17(20)11-16)8-14-5-4-6-18(21)12-14/h2-7,9-12,19,21H,1,8,13,22H2/b7-3-. The third kappa shape index (κ3) is 5.58. The minimum atomic E-state index is 0.322. The molecule has 1 nitrogen and oxygen atoms in total. The van der Waals surface area contributed by atoms with Crippen molar-refractivity contribution in [3.63, 3.8) is 0 Å². The number of benzene rings is 2. The third-order valence-corrected chi connectivity index (χ3v) is 4.38. The van der Waals surface area contributed by atoms with E-state index in [1.807, 2.05) is 24.3 Å². The lowest BCUT2D eigenvalue weighted by atomic mass is 10.0. The summed E-state index contributed by atoms with van der Waals surface area (Å²) in [5.74, 6) is 0.322. The van der Waals surface area contributed by atoms with Gasteiger partial charge in [-0.1, -0.05) is 43.0 Å². The summed E-state index contributed by atoms with van der Waals surface area (Å²) in [7, 11) is 2.86. The van der Waals surface area contributed by atoms with Gasteiger partial charge in [0.15, 0.2) is 0 Å². The van der Waals surface area contributed by atoms with Crippen LogP contribution in [-0.4, -0.2) is 10.8 Å². The van der Waals surface area contributed by atoms with Gasteiger partial charge in [0.1, 0.15) is 5.75 Å². The van der Waals surface area contributed by atoms with Gasteiger partial charge in [0, 0.05) is 3.57 Å². The number of rotatable bonds is 6. The SMILES string of the molecule is C=C/C=C\C(P)Cc1cc(I)cc(Cc2cccc(O)c2)c1. The molecule has 0 radical (unpaired) electrons. The van der Waals surface area contributed by atoms with Crippen molar-refractivity contribution in [2.24, 2.45) is 0 Å². The first-order valence-corrected chi connectivity index (χ1v) is 8.92. The number of phenols is 1. The van der Waals surface area contributed by atoms with Crippen LogP contribution in [0, 0.1) is 3.57 Å². The van der Waals surface area contributed by atoms with Gasteiger partial charge in [0.25, 0.3) is 0 Å². The lowest BCUT2D eigenvalue weighted by Gasteiger charge is -2.10. The summed E-state index contributed by atoms with van der Waals surface area (Å²) in [6.45, 7) is 3.70. The van der Waals surface area contributed by atoms with E-state index in [1.165, 1.54) is 14.7 Å². The summed E-state index contributed by atoms with van der Waals surface area (Å²) in [5, 5.41) is 9.58. The molecule has 0 aliphatic heterocycles. The second-order valence-corrected chi connectivity index (χ2v) is 7.40. The Kier molecular flexibility index (Phi) is 6.66. The summed E-state index contributed by atoms with van der Waals surface area (Å²) in [6, 6.07) is 14.1. The predicted molar refractivity (Wildman–Crippen MR) is 107 cm³/mol. The summed E-state index contributed by atoms with van der Waals surface area (Å²) >= 11 is 2.37. The molecule has 0 aliphatic rings. The van der Waals surface area contributed by atoms with E-state index in [9.17, 15) is 5.11 Å². The van der Waals surface area contributed by atoms with Gasteiger partial charge in [-0.3, -0.25) is 0 Å². The molecular weight excluding hydrogens is 402 g/mol. The Labute approximate surface area is 148 Å². The van der Waals surface area contributed by atoms with Gasteiger partial charge in [-0.2, -0.15) is 0 Å². The second-order valence-electron chi connectivity index (χ2n) is 5.30. The van der Waals surface area contributed by atoms with Crippen molar-refractivity contribution in [1.82, 2.24) is 0 Å². The van der Waals surface area contributed by atoms with Crippen molar-refractivity contribution in [2.75, 3.05) is 0 Å². The molecule has 2 atom stereocenters. The van der Waals surface area contributed by atoms with Gasteiger partial charge in [-0.25, -0.2) is 0 Å². The van der Waals surface area contributed by atoms with Gasteiger partial charge in [0.05, 0.1) is 0 Å². The van der Waals surface area contributed by atoms with Crippen LogP contribution in [0.15, 0.2) is 67.3 Å². The zero-order valence-corrected chi connectivity index (χ0v) is 15.7. The molecule has 0 bridgehead atoms. The molecule has 0 aliphatic carbocycles. The lowest BCUT2D eigenvalue weighted by molar-refractivity contribution is 0.474. The van der Waals surface area contributed by atoms with Gasteiger partial charge >= 0.3 is 0 Å². The molecule has 114 valence electrons. The van der Waals surface area contributed by atoms with Crippen molar-refractivity contribution in [2.45, 2.75) is 18.5 Å². The predicted octanol–water partition coefficient (Wildman–Crippen LogP) is 5.12. The van der Waals surface area contributed by atoms with Crippen LogP contribution in [0.3, 0.4) is 0 Å². The highest BCUT2D eigenvalue weighted by atomic mass is 127. The van der Waals surface area contributed by atoms with E-state index in [2.05, 4.69) is 62.7 Å². The van der Waals surface area contributed by atoms with Gasteiger partial charge in [0.2, 0.25) is 0 Å². The van der Waals surface area contributed by atoms with Crippen LogP contribution in [0.1, 0.15) is 16.7 Å². The van der Waals surface area contributed by atoms with E-state index < -0.39 is 0 Å². The largest absolute Gasteiger partial charge is 0.508 e. The normalized spacial score (nSPS) is 12.5. The monoisotopic (exact) mass is 422 g/mol. The number of allylic oxidation sites excluding steroid dienone is 3. The molecular formula is C19H20IOP. The molecule has 22 heavy (non-hydrogen) atoms. The minimum absolute atomic E-state index is 0.322. The molecule has 2 aromatic rings. The second kappa shape index (κ2) is 8.50. The number of hydrogen-bond donors (Lipinski definition) is 1. The van der Waals surface area contributed by atoms with E-state index >= 15 is 0 Å². The van der Waals surface area contributed by atoms with Crippen molar-refractivity contribution in [1.29, 1.82) is 0 Å². The maximum Gasteiger partial charge on any atom is 0.115 e. The Morgan fingerprint density at radius 2 is 1.91 bits per heavy atom. The fraction of sp³-hybridized carbons (Fsp3) is 0.158. The number of phenolic OH excluding ortho intramolecular Hbond substituents is 1. The third-order valence-electron chi connectivity index (χ3n) is 3.30. The Hall–Kier alpha value is -1.12. The van der Waals surface area contributed by atoms with Gasteiger partial charge in [-0.05, 0) is 82.0 Å². The van der Waals surface area contributed by atoms with Crippen LogP contribution >= 0.6 is 31.8 Å². The smallest absolute Gasteiger partial charge is 0.115 e. The lowest BCUT2D eigenvalue weighted by Crippen LogP contribution is -2.00. The van der Waals surface area contributed by atoms with Crippen LogP contribution in [0.2, 0.25) is 0 Å². The first-order chi connectivity index (χ1) is 10.6. The van der Waals surface area contributed by atoms with E-state index in [0.717, 1.165) is 18.4 Å². The summed E-state index contributed by atoms with van der Waals surface area (Å²) < 4.78 is 1.25. The molecule has 0 aromatic heterocycles. The van der Waals surface area contributed by atoms with Crippen molar-refractivity contribution in [3.8, 4) is 5.75 Å². The quantitative estimate of drug-likeness (QED) is 0.390. The van der Waals surface area contributed by atoms with Crippen molar-refractivity contribution < 1.29 is 5.11 Å². The highest BCUT2D eigenvalue weighted by molar-refractivity contribution is 14.1. The maximum atomic E-state index is 9.58. The molecule has 0 spiro atoms. The molecule has 0 amide bonds. The average Bonchev–Trinajstić information content (AvgIpc) is 2.44. The molecule has 0 fully saturated rings. The fourth-order valence-electron chi connectivity index (χ4n) is 2.40. The van der Waals surface area contributed by atoms with Crippen LogP contribution < -0.4 is 0 Å². The Morgan fingerprint density at radius 1 is 1.14 bits per heavy atom. The summed E-state index contributed by atoms with van der Waals surface area (Å²) in [6.07, 6.45) is 7.76. The molecule has 2 aromatic carbocycles. The van der Waals surface area contributed by atoms with Gasteiger partial charge in [-0.15, -0.1) is 9.24 Å². The molecule has 0 heterocycles. The maximum absolute atomic E-state index is 9.58. The zero-order chi connectivity index (χ0) is 15.9. The molecule has 0 saturated heterocycles. The van der Waals surface area contributed by atoms with Crippen LogP contribution in [0.5, 0.6) is 5.75 Å². The Balaban J connectivity index is 2.16. The Morgan fingerprint density at radius 3 is 2.64 bits per heavy atom. The van der Waals surface area contributed by atoms with Crippen LogP contribution in [0.4, 0.5) is 0 Å². The Bertz CT molecular complexity index is 679. The molecule has 3 heteroatoms. The topological polar surface area (TPSA) is 20.2 Å². The molecule has 1 N–H and O–H groups in total. The number of hydrogen-bond acceptors (Lipinski definition) is 1. The van der Waals surface area contributed by atoms with E-state index in [0.29, 0.717) is 11.4 Å². The highest BCUT2D eigenvalue weighted by Crippen LogP contribution is 2.21. The number of aromatic hydroxyl groups is 1. The van der Waals surface area contributed by atoms with Gasteiger partial charge < -0.3 is 5.11 Å². The highest BCUT2D eigenvalue weighted by Gasteiger charge is 2.05. The summed E-state index contributed by atoms with van der Waals surface area (Å²) in [4.78, 5) is 0. The van der Waals surface area contributed by atoms with E-state index in [1.54, 1.807) is 12.1 Å². The average molecular weight is 422 g/mol. The van der Waals surface area contributed by atoms with Crippen LogP contribution in [0.25, 0.3) is 0 Å². The first-order valence-electron chi connectivity index (χ1n) is 7.18. The minimum Gasteiger partial charge on any atom is -0.508 e. The molecule has 0 saturated carbocycles. The molecule has 2 rings (SSSR count). The first kappa shape index (κ1) is 17.2. The number of halogens is 1. The summed E-state index contributed by atoms with van der Waals surface area (Å²) in [5.41, 5.74) is 4.14. The van der Waals surface area contributed by atoms with E-state index in [-0.39, 0.29) is 0 Å². The van der Waals surface area contributed by atoms with Crippen molar-refractivity contribution in [3.05, 3.63) is 87.5 Å². The fourth-order valence-corrected chi connectivity index (χ4v) is 3.60. The zero-order valence-electron chi connectivity index (χ0n) is 12.4.